The number of carbonyl (C=O) groups excluding carboxylic acids is 2. The number of aryl methyl sites for hydroxylation is 2. The van der Waals surface area contributed by atoms with Crippen molar-refractivity contribution in [2.75, 3.05) is 11.9 Å². The van der Waals surface area contributed by atoms with Crippen molar-refractivity contribution in [3.63, 3.8) is 0 Å². The third-order valence-electron chi connectivity index (χ3n) is 4.25. The van der Waals surface area contributed by atoms with Crippen molar-refractivity contribution in [2.45, 2.75) is 13.8 Å². The van der Waals surface area contributed by atoms with Gasteiger partial charge in [0, 0.05) is 17.1 Å². The van der Waals surface area contributed by atoms with Crippen molar-refractivity contribution in [3.05, 3.63) is 77.9 Å². The van der Waals surface area contributed by atoms with Crippen molar-refractivity contribution >= 4 is 23.3 Å². The van der Waals surface area contributed by atoms with Crippen molar-refractivity contribution < 1.29 is 19.1 Å². The van der Waals surface area contributed by atoms with Crippen LogP contribution in [0.4, 0.5) is 5.69 Å². The first-order valence-electron chi connectivity index (χ1n) is 9.49. The van der Waals surface area contributed by atoms with E-state index in [2.05, 4.69) is 20.4 Å². The third kappa shape index (κ3) is 4.84. The Morgan fingerprint density at radius 3 is 2.42 bits per heavy atom. The van der Waals surface area contributed by atoms with E-state index < -0.39 is 18.5 Å². The van der Waals surface area contributed by atoms with E-state index in [4.69, 9.17) is 9.47 Å². The number of benzene rings is 2. The van der Waals surface area contributed by atoms with Gasteiger partial charge in [0.05, 0.1) is 0 Å². The number of rotatable bonds is 6. The highest BCUT2D eigenvalue weighted by atomic mass is 16.5. The van der Waals surface area contributed by atoms with Crippen LogP contribution in [0.25, 0.3) is 5.78 Å². The number of anilines is 1. The summed E-state index contributed by atoms with van der Waals surface area (Å²) in [5.74, 6) is 0.200. The number of nitrogens with one attached hydrogen (secondary N) is 1. The quantitative estimate of drug-likeness (QED) is 0.480. The minimum absolute atomic E-state index is 0.156. The fourth-order valence-corrected chi connectivity index (χ4v) is 2.88. The van der Waals surface area contributed by atoms with Gasteiger partial charge in [-0.2, -0.15) is 4.98 Å². The molecule has 2 aromatic carbocycles. The van der Waals surface area contributed by atoms with Gasteiger partial charge >= 0.3 is 5.97 Å². The zero-order valence-corrected chi connectivity index (χ0v) is 16.9. The SMILES string of the molecule is Cc1cc(C)n2nc(C(=O)OCC(=O)Nc3ccc(Oc4ccccc4)cc3)nc2n1. The predicted octanol–water partition coefficient (Wildman–Crippen LogP) is 3.33. The van der Waals surface area contributed by atoms with Gasteiger partial charge in [-0.1, -0.05) is 18.2 Å². The molecule has 0 saturated heterocycles. The van der Waals surface area contributed by atoms with Crippen LogP contribution in [0.2, 0.25) is 0 Å². The summed E-state index contributed by atoms with van der Waals surface area (Å²) in [6.45, 7) is 3.18. The van der Waals surface area contributed by atoms with Gasteiger partial charge in [0.25, 0.3) is 17.5 Å². The van der Waals surface area contributed by atoms with Gasteiger partial charge in [0.15, 0.2) is 6.61 Å². The van der Waals surface area contributed by atoms with Crippen LogP contribution in [0, 0.1) is 13.8 Å². The molecular formula is C22H19N5O4. The van der Waals surface area contributed by atoms with Gasteiger partial charge in [0.2, 0.25) is 0 Å². The van der Waals surface area contributed by atoms with Crippen LogP contribution in [0.3, 0.4) is 0 Å². The summed E-state index contributed by atoms with van der Waals surface area (Å²) in [4.78, 5) is 32.6. The van der Waals surface area contributed by atoms with E-state index in [0.717, 1.165) is 11.4 Å². The van der Waals surface area contributed by atoms with Crippen LogP contribution in [-0.4, -0.2) is 38.1 Å². The Kier molecular flexibility index (Phi) is 5.57. The molecular weight excluding hydrogens is 398 g/mol. The first-order valence-corrected chi connectivity index (χ1v) is 9.49. The number of hydrogen-bond donors (Lipinski definition) is 1. The molecule has 0 atom stereocenters. The normalized spacial score (nSPS) is 10.6. The van der Waals surface area contributed by atoms with Crippen molar-refractivity contribution in [2.24, 2.45) is 0 Å². The van der Waals surface area contributed by atoms with Crippen LogP contribution in [0.1, 0.15) is 22.0 Å². The van der Waals surface area contributed by atoms with Crippen LogP contribution in [-0.2, 0) is 9.53 Å². The fourth-order valence-electron chi connectivity index (χ4n) is 2.88. The van der Waals surface area contributed by atoms with Crippen LogP contribution >= 0.6 is 0 Å². The molecule has 9 nitrogen and oxygen atoms in total. The average molecular weight is 417 g/mol. The number of carbonyl (C=O) groups is 2. The highest BCUT2D eigenvalue weighted by Crippen LogP contribution is 2.22. The number of ether oxygens (including phenoxy) is 2. The number of fused-ring (bicyclic) bond motifs is 1. The van der Waals surface area contributed by atoms with Gasteiger partial charge in [-0.15, -0.1) is 5.10 Å². The minimum atomic E-state index is -0.802. The number of hydrogen-bond acceptors (Lipinski definition) is 7. The molecule has 156 valence electrons. The summed E-state index contributed by atoms with van der Waals surface area (Å²) in [5, 5.41) is 6.74. The molecule has 0 bridgehead atoms. The summed E-state index contributed by atoms with van der Waals surface area (Å²) in [6.07, 6.45) is 0. The highest BCUT2D eigenvalue weighted by molar-refractivity contribution is 5.94. The summed E-state index contributed by atoms with van der Waals surface area (Å²) in [6, 6.07) is 18.0. The molecule has 2 aromatic heterocycles. The Balaban J connectivity index is 1.32. The molecule has 0 aliphatic rings. The van der Waals surface area contributed by atoms with E-state index in [1.54, 1.807) is 24.3 Å². The van der Waals surface area contributed by atoms with Crippen molar-refractivity contribution in [1.82, 2.24) is 19.6 Å². The Hall–Kier alpha value is -4.27. The lowest BCUT2D eigenvalue weighted by Gasteiger charge is -2.08. The number of esters is 1. The second-order valence-electron chi connectivity index (χ2n) is 6.75. The summed E-state index contributed by atoms with van der Waals surface area (Å²) in [7, 11) is 0. The molecule has 4 rings (SSSR count). The maximum absolute atomic E-state index is 12.2. The van der Waals surface area contributed by atoms with Gasteiger partial charge in [-0.25, -0.2) is 14.3 Å². The smallest absolute Gasteiger partial charge is 0.378 e. The number of amides is 1. The molecule has 1 N–H and O–H groups in total. The lowest BCUT2D eigenvalue weighted by atomic mass is 10.3. The summed E-state index contributed by atoms with van der Waals surface area (Å²) < 4.78 is 12.2. The predicted molar refractivity (Wildman–Crippen MR) is 112 cm³/mol. The molecule has 0 fully saturated rings. The Bertz CT molecular complexity index is 1240. The molecule has 31 heavy (non-hydrogen) atoms. The average Bonchev–Trinajstić information content (AvgIpc) is 3.19. The Morgan fingerprint density at radius 1 is 0.968 bits per heavy atom. The van der Waals surface area contributed by atoms with E-state index in [-0.39, 0.29) is 5.82 Å². The van der Waals surface area contributed by atoms with Gasteiger partial charge in [0.1, 0.15) is 11.5 Å². The second-order valence-corrected chi connectivity index (χ2v) is 6.75. The van der Waals surface area contributed by atoms with Gasteiger partial charge in [-0.05, 0) is 56.3 Å². The first-order chi connectivity index (χ1) is 15.0. The fraction of sp³-hybridized carbons (Fsp3) is 0.136. The van der Waals surface area contributed by atoms with E-state index in [0.29, 0.717) is 23.0 Å². The molecule has 0 aliphatic heterocycles. The first kappa shape index (κ1) is 20.0. The molecule has 4 aromatic rings. The molecule has 0 radical (unpaired) electrons. The van der Waals surface area contributed by atoms with E-state index in [9.17, 15) is 9.59 Å². The van der Waals surface area contributed by atoms with Gasteiger partial charge < -0.3 is 14.8 Å². The zero-order valence-electron chi connectivity index (χ0n) is 16.9. The molecule has 0 aliphatic carbocycles. The third-order valence-corrected chi connectivity index (χ3v) is 4.25. The summed E-state index contributed by atoms with van der Waals surface area (Å²) >= 11 is 0. The molecule has 2 heterocycles. The monoisotopic (exact) mass is 417 g/mol. The molecule has 0 unspecified atom stereocenters. The molecule has 9 heteroatoms. The second kappa shape index (κ2) is 8.62. The van der Waals surface area contributed by atoms with Crippen LogP contribution in [0.15, 0.2) is 60.7 Å². The van der Waals surface area contributed by atoms with E-state index >= 15 is 0 Å². The summed E-state index contributed by atoms with van der Waals surface area (Å²) in [5.41, 5.74) is 2.09. The molecule has 1 amide bonds. The van der Waals surface area contributed by atoms with E-state index in [1.807, 2.05) is 50.2 Å². The van der Waals surface area contributed by atoms with Crippen molar-refractivity contribution in [3.8, 4) is 11.5 Å². The minimum Gasteiger partial charge on any atom is -0.457 e. The number of nitrogens with zero attached hydrogens (tertiary/aromatic N) is 4. The maximum atomic E-state index is 12.2. The Morgan fingerprint density at radius 2 is 1.68 bits per heavy atom. The zero-order chi connectivity index (χ0) is 21.8. The highest BCUT2D eigenvalue weighted by Gasteiger charge is 2.17. The topological polar surface area (TPSA) is 108 Å². The number of aromatic nitrogens is 4. The lowest BCUT2D eigenvalue weighted by molar-refractivity contribution is -0.119. The molecule has 0 spiro atoms. The molecule has 0 saturated carbocycles. The van der Waals surface area contributed by atoms with Crippen molar-refractivity contribution in [1.29, 1.82) is 0 Å². The lowest BCUT2D eigenvalue weighted by Crippen LogP contribution is -2.21. The maximum Gasteiger partial charge on any atom is 0.378 e. The standard InChI is InChI=1S/C22H19N5O4/c1-14-12-15(2)27-22(23-14)25-20(26-27)21(29)30-13-19(28)24-16-8-10-18(11-9-16)31-17-6-4-3-5-7-17/h3-12H,13H2,1-2H3,(H,24,28). The van der Waals surface area contributed by atoms with E-state index in [1.165, 1.54) is 4.52 Å². The largest absolute Gasteiger partial charge is 0.457 e. The van der Waals surface area contributed by atoms with Gasteiger partial charge in [-0.3, -0.25) is 4.79 Å². The Labute approximate surface area is 177 Å². The van der Waals surface area contributed by atoms with Crippen LogP contribution < -0.4 is 10.1 Å². The number of para-hydroxylation sites is 1. The van der Waals surface area contributed by atoms with Crippen LogP contribution in [0.5, 0.6) is 11.5 Å².